The van der Waals surface area contributed by atoms with E-state index in [1.54, 1.807) is 5.57 Å². The van der Waals surface area contributed by atoms with Crippen molar-refractivity contribution in [2.24, 2.45) is 11.8 Å². The van der Waals surface area contributed by atoms with Crippen LogP contribution in [0, 0.1) is 11.8 Å². The molecular weight excluding hydrogens is 380 g/mol. The molecule has 0 amide bonds. The summed E-state index contributed by atoms with van der Waals surface area (Å²) in [6.45, 7) is 11.4. The highest BCUT2D eigenvalue weighted by atomic mass is 16.5. The van der Waals surface area contributed by atoms with Gasteiger partial charge in [0.05, 0.1) is 7.11 Å². The third-order valence-corrected chi connectivity index (χ3v) is 6.49. The molecule has 1 aliphatic rings. The minimum absolute atomic E-state index is 0.128. The fraction of sp³-hybridized carbons (Fsp3) is 0.828. The third-order valence-electron chi connectivity index (χ3n) is 6.49. The third kappa shape index (κ3) is 19.4. The van der Waals surface area contributed by atoms with E-state index in [2.05, 4.69) is 46.8 Å². The van der Waals surface area contributed by atoms with Crippen LogP contribution in [0.1, 0.15) is 137 Å². The molecule has 0 N–H and O–H groups in total. The second-order valence-corrected chi connectivity index (χ2v) is 10.0. The number of hydrogen-bond acceptors (Lipinski definition) is 2. The summed E-state index contributed by atoms with van der Waals surface area (Å²) < 4.78 is 4.81. The first-order valence-corrected chi connectivity index (χ1v) is 13.3. The van der Waals surface area contributed by atoms with Crippen LogP contribution in [0.2, 0.25) is 0 Å². The summed E-state index contributed by atoms with van der Waals surface area (Å²) in [5.74, 6) is 1.66. The van der Waals surface area contributed by atoms with Crippen LogP contribution in [0.4, 0.5) is 0 Å². The molecule has 2 nitrogen and oxygen atoms in total. The molecule has 1 unspecified atom stereocenters. The zero-order valence-electron chi connectivity index (χ0n) is 21.9. The number of carbonyl (C=O) groups is 1. The number of rotatable bonds is 9. The van der Waals surface area contributed by atoms with Crippen molar-refractivity contribution >= 4 is 5.97 Å². The number of allylic oxidation sites excluding steroid dienone is 3. The summed E-state index contributed by atoms with van der Waals surface area (Å²) in [7, 11) is 1.47. The monoisotopic (exact) mass is 434 g/mol. The maximum Gasteiger partial charge on any atom is 0.333 e. The average molecular weight is 435 g/mol. The minimum Gasteiger partial charge on any atom is -0.466 e. The van der Waals surface area contributed by atoms with Crippen molar-refractivity contribution in [3.05, 3.63) is 23.3 Å². The summed E-state index contributed by atoms with van der Waals surface area (Å²) in [6.07, 6.45) is 24.9. The number of hydrogen-bond donors (Lipinski definition) is 0. The summed E-state index contributed by atoms with van der Waals surface area (Å²) in [4.78, 5) is 11.5. The molecule has 0 spiro atoms. The maximum atomic E-state index is 11.5. The topological polar surface area (TPSA) is 26.3 Å². The van der Waals surface area contributed by atoms with Gasteiger partial charge in [-0.05, 0) is 64.2 Å². The Morgan fingerprint density at radius 2 is 1.52 bits per heavy atom. The SMILES string of the molecule is CC=C(C)CCC(C)CCCCC(C)C.COC(=O)C1=CCCCCCCCCCC1. The van der Waals surface area contributed by atoms with Crippen LogP contribution in [-0.2, 0) is 9.53 Å². The molecule has 0 aliphatic heterocycles. The van der Waals surface area contributed by atoms with Crippen LogP contribution in [0.25, 0.3) is 0 Å². The van der Waals surface area contributed by atoms with Gasteiger partial charge >= 0.3 is 5.97 Å². The minimum atomic E-state index is -0.128. The highest BCUT2D eigenvalue weighted by molar-refractivity contribution is 5.88. The van der Waals surface area contributed by atoms with Crippen LogP contribution in [0.15, 0.2) is 23.3 Å². The fourth-order valence-electron chi connectivity index (χ4n) is 4.02. The van der Waals surface area contributed by atoms with E-state index < -0.39 is 0 Å². The Bertz CT molecular complexity index is 487. The molecule has 1 atom stereocenters. The molecule has 182 valence electrons. The summed E-state index contributed by atoms with van der Waals surface area (Å²) >= 11 is 0. The molecule has 1 rings (SSSR count). The molecule has 0 radical (unpaired) electrons. The Balaban J connectivity index is 0.000000582. The van der Waals surface area contributed by atoms with Crippen molar-refractivity contribution in [1.29, 1.82) is 0 Å². The van der Waals surface area contributed by atoms with Gasteiger partial charge in [-0.1, -0.05) is 103 Å². The van der Waals surface area contributed by atoms with Crippen molar-refractivity contribution in [3.63, 3.8) is 0 Å². The van der Waals surface area contributed by atoms with Crippen LogP contribution >= 0.6 is 0 Å². The lowest BCUT2D eigenvalue weighted by molar-refractivity contribution is -0.136. The number of unbranched alkanes of at least 4 members (excludes halogenated alkanes) is 1. The van der Waals surface area contributed by atoms with Crippen LogP contribution in [0.5, 0.6) is 0 Å². The number of carbonyl (C=O) groups excluding carboxylic acids is 1. The first kappa shape index (κ1) is 29.9. The zero-order chi connectivity index (χ0) is 23.3. The van der Waals surface area contributed by atoms with Crippen molar-refractivity contribution in [1.82, 2.24) is 0 Å². The lowest BCUT2D eigenvalue weighted by Gasteiger charge is -2.11. The van der Waals surface area contributed by atoms with E-state index in [0.29, 0.717) is 0 Å². The van der Waals surface area contributed by atoms with E-state index in [1.807, 2.05) is 0 Å². The quantitative estimate of drug-likeness (QED) is 0.205. The van der Waals surface area contributed by atoms with Gasteiger partial charge in [-0.15, -0.1) is 0 Å². The molecule has 1 aliphatic carbocycles. The largest absolute Gasteiger partial charge is 0.466 e. The first-order valence-electron chi connectivity index (χ1n) is 13.3. The molecular formula is C29H54O2. The highest BCUT2D eigenvalue weighted by Gasteiger charge is 2.09. The number of ether oxygens (including phenoxy) is 1. The smallest absolute Gasteiger partial charge is 0.333 e. The summed E-state index contributed by atoms with van der Waals surface area (Å²) in [5.41, 5.74) is 2.44. The van der Waals surface area contributed by atoms with Crippen molar-refractivity contribution in [2.75, 3.05) is 7.11 Å². The van der Waals surface area contributed by atoms with E-state index in [-0.39, 0.29) is 5.97 Å². The van der Waals surface area contributed by atoms with Gasteiger partial charge in [0.25, 0.3) is 0 Å². The predicted octanol–water partition coefficient (Wildman–Crippen LogP) is 9.59. The lowest BCUT2D eigenvalue weighted by Crippen LogP contribution is -2.05. The van der Waals surface area contributed by atoms with Gasteiger partial charge in [0.1, 0.15) is 0 Å². The standard InChI is InChI=1S/C15H30.C14H24O2/c1-6-14(4)11-12-15(5)10-8-7-9-13(2)3;1-16-14(15)13-11-9-7-5-3-2-4-6-8-10-12-13/h6,13,15H,7-12H2,1-5H3;11H,2-10,12H2,1H3. The Hall–Kier alpha value is -1.05. The van der Waals surface area contributed by atoms with E-state index >= 15 is 0 Å². The van der Waals surface area contributed by atoms with Gasteiger partial charge in [-0.2, -0.15) is 0 Å². The van der Waals surface area contributed by atoms with Crippen molar-refractivity contribution < 1.29 is 9.53 Å². The lowest BCUT2D eigenvalue weighted by atomic mass is 9.95. The maximum absolute atomic E-state index is 11.5. The molecule has 0 saturated heterocycles. The Morgan fingerprint density at radius 1 is 0.935 bits per heavy atom. The predicted molar refractivity (Wildman–Crippen MR) is 137 cm³/mol. The van der Waals surface area contributed by atoms with Gasteiger partial charge in [0, 0.05) is 5.57 Å². The fourth-order valence-corrected chi connectivity index (χ4v) is 4.02. The molecule has 0 aromatic rings. The first-order chi connectivity index (χ1) is 14.9. The number of methoxy groups -OCH3 is 1. The molecule has 0 aromatic heterocycles. The van der Waals surface area contributed by atoms with Gasteiger partial charge in [-0.25, -0.2) is 4.79 Å². The van der Waals surface area contributed by atoms with E-state index in [9.17, 15) is 4.79 Å². The van der Waals surface area contributed by atoms with E-state index in [0.717, 1.165) is 36.7 Å². The normalized spacial score (nSPS) is 17.5. The van der Waals surface area contributed by atoms with Crippen LogP contribution < -0.4 is 0 Å². The van der Waals surface area contributed by atoms with Crippen LogP contribution in [-0.4, -0.2) is 13.1 Å². The van der Waals surface area contributed by atoms with Crippen molar-refractivity contribution in [2.45, 2.75) is 137 Å². The van der Waals surface area contributed by atoms with E-state index in [1.165, 1.54) is 90.6 Å². The molecule has 0 bridgehead atoms. The van der Waals surface area contributed by atoms with Gasteiger partial charge in [-0.3, -0.25) is 0 Å². The van der Waals surface area contributed by atoms with Gasteiger partial charge in [0.2, 0.25) is 0 Å². The average Bonchev–Trinajstić information content (AvgIpc) is 2.75. The Morgan fingerprint density at radius 3 is 2.10 bits per heavy atom. The second kappa shape index (κ2) is 20.8. The summed E-state index contributed by atoms with van der Waals surface area (Å²) in [6, 6.07) is 0. The Kier molecular flexibility index (Phi) is 20.1. The zero-order valence-corrected chi connectivity index (χ0v) is 21.9. The number of esters is 1. The molecule has 31 heavy (non-hydrogen) atoms. The molecule has 2 heteroatoms. The molecule has 0 aromatic carbocycles. The van der Waals surface area contributed by atoms with Crippen LogP contribution in [0.3, 0.4) is 0 Å². The second-order valence-electron chi connectivity index (χ2n) is 10.0. The highest BCUT2D eigenvalue weighted by Crippen LogP contribution is 2.19. The Labute approximate surface area is 195 Å². The van der Waals surface area contributed by atoms with Crippen molar-refractivity contribution in [3.8, 4) is 0 Å². The molecule has 0 heterocycles. The summed E-state index contributed by atoms with van der Waals surface area (Å²) in [5, 5.41) is 0. The van der Waals surface area contributed by atoms with Gasteiger partial charge < -0.3 is 4.74 Å². The van der Waals surface area contributed by atoms with Gasteiger partial charge in [0.15, 0.2) is 0 Å². The van der Waals surface area contributed by atoms with E-state index in [4.69, 9.17) is 4.74 Å². The molecule has 0 fully saturated rings. The molecule has 0 saturated carbocycles.